The summed E-state index contributed by atoms with van der Waals surface area (Å²) >= 11 is 0. The summed E-state index contributed by atoms with van der Waals surface area (Å²) in [5, 5.41) is 12.5. The Labute approximate surface area is 82.6 Å². The minimum absolute atomic E-state index is 0.0484. The van der Waals surface area contributed by atoms with Crippen molar-refractivity contribution in [3.05, 3.63) is 24.3 Å². The normalized spacial score (nSPS) is 22.6. The lowest BCUT2D eigenvalue weighted by Crippen LogP contribution is -2.16. The standard InChI is InChI=1S/C10H13NO3/c1-2-14-11-9-6-4-3-5-8(9)7-10(12)13/h3-6,8H,2,7H2,1H3,(H,12,13). The summed E-state index contributed by atoms with van der Waals surface area (Å²) in [4.78, 5) is 15.4. The number of hydrogen-bond donors (Lipinski definition) is 1. The van der Waals surface area contributed by atoms with Gasteiger partial charge in [0.2, 0.25) is 0 Å². The van der Waals surface area contributed by atoms with Crippen LogP contribution in [0, 0.1) is 5.92 Å². The topological polar surface area (TPSA) is 58.9 Å². The number of oxime groups is 1. The minimum atomic E-state index is -0.834. The van der Waals surface area contributed by atoms with E-state index >= 15 is 0 Å². The maximum atomic E-state index is 10.5. The highest BCUT2D eigenvalue weighted by Gasteiger charge is 2.17. The predicted octanol–water partition coefficient (Wildman–Crippen LogP) is 1.60. The molecule has 76 valence electrons. The van der Waals surface area contributed by atoms with Crippen LogP contribution in [0.5, 0.6) is 0 Å². The van der Waals surface area contributed by atoms with E-state index in [1.165, 1.54) is 0 Å². The maximum Gasteiger partial charge on any atom is 0.304 e. The molecule has 4 nitrogen and oxygen atoms in total. The molecule has 1 aliphatic rings. The van der Waals surface area contributed by atoms with Gasteiger partial charge in [0, 0.05) is 5.92 Å². The molecule has 1 aliphatic carbocycles. The van der Waals surface area contributed by atoms with Crippen LogP contribution < -0.4 is 0 Å². The van der Waals surface area contributed by atoms with Crippen molar-refractivity contribution >= 4 is 11.7 Å². The minimum Gasteiger partial charge on any atom is -0.481 e. The van der Waals surface area contributed by atoms with Crippen LogP contribution in [0.1, 0.15) is 13.3 Å². The number of aliphatic carboxylic acids is 1. The quantitative estimate of drug-likeness (QED) is 0.693. The van der Waals surface area contributed by atoms with E-state index < -0.39 is 5.97 Å². The first-order chi connectivity index (χ1) is 6.74. The molecule has 1 unspecified atom stereocenters. The Morgan fingerprint density at radius 2 is 2.43 bits per heavy atom. The van der Waals surface area contributed by atoms with E-state index in [-0.39, 0.29) is 12.3 Å². The first-order valence-electron chi connectivity index (χ1n) is 4.50. The van der Waals surface area contributed by atoms with Crippen LogP contribution in [-0.4, -0.2) is 23.4 Å². The molecule has 0 radical (unpaired) electrons. The van der Waals surface area contributed by atoms with Gasteiger partial charge in [-0.25, -0.2) is 0 Å². The molecular formula is C10H13NO3. The van der Waals surface area contributed by atoms with Crippen LogP contribution in [0.4, 0.5) is 0 Å². The molecule has 1 N–H and O–H groups in total. The molecule has 0 fully saturated rings. The third-order valence-corrected chi connectivity index (χ3v) is 1.80. The van der Waals surface area contributed by atoms with Crippen LogP contribution in [0.3, 0.4) is 0 Å². The Hall–Kier alpha value is -1.58. The van der Waals surface area contributed by atoms with Gasteiger partial charge in [0.25, 0.3) is 0 Å². The van der Waals surface area contributed by atoms with Gasteiger partial charge in [-0.2, -0.15) is 0 Å². The molecule has 0 spiro atoms. The van der Waals surface area contributed by atoms with Crippen molar-refractivity contribution in [3.8, 4) is 0 Å². The first-order valence-corrected chi connectivity index (χ1v) is 4.50. The molecule has 0 saturated heterocycles. The Bertz CT molecular complexity index is 292. The fraction of sp³-hybridized carbons (Fsp3) is 0.400. The molecule has 1 atom stereocenters. The van der Waals surface area contributed by atoms with Gasteiger partial charge in [-0.15, -0.1) is 0 Å². The van der Waals surface area contributed by atoms with Gasteiger partial charge in [-0.1, -0.05) is 23.4 Å². The Kier molecular flexibility index (Phi) is 3.91. The second-order valence-electron chi connectivity index (χ2n) is 2.88. The highest BCUT2D eigenvalue weighted by Crippen LogP contribution is 2.13. The first kappa shape index (κ1) is 10.5. The molecule has 0 amide bonds. The SMILES string of the molecule is CCON=C1C=CC=CC1CC(=O)O. The molecule has 4 heteroatoms. The average molecular weight is 195 g/mol. The predicted molar refractivity (Wildman–Crippen MR) is 53.1 cm³/mol. The smallest absolute Gasteiger partial charge is 0.304 e. The van der Waals surface area contributed by atoms with Crippen molar-refractivity contribution in [2.24, 2.45) is 11.1 Å². The number of rotatable bonds is 4. The third kappa shape index (κ3) is 3.05. The number of hydrogen-bond acceptors (Lipinski definition) is 3. The van der Waals surface area contributed by atoms with Gasteiger partial charge in [0.1, 0.15) is 6.61 Å². The number of nitrogens with zero attached hydrogens (tertiary/aromatic N) is 1. The molecule has 14 heavy (non-hydrogen) atoms. The van der Waals surface area contributed by atoms with E-state index in [4.69, 9.17) is 9.94 Å². The van der Waals surface area contributed by atoms with Crippen molar-refractivity contribution in [2.75, 3.05) is 6.61 Å². The highest BCUT2D eigenvalue weighted by molar-refractivity contribution is 6.00. The van der Waals surface area contributed by atoms with Crippen LogP contribution >= 0.6 is 0 Å². The van der Waals surface area contributed by atoms with Gasteiger partial charge in [-0.05, 0) is 13.0 Å². The summed E-state index contributed by atoms with van der Waals surface area (Å²) in [6, 6.07) is 0. The zero-order valence-corrected chi connectivity index (χ0v) is 8.01. The van der Waals surface area contributed by atoms with Gasteiger partial charge < -0.3 is 9.94 Å². The lowest BCUT2D eigenvalue weighted by Gasteiger charge is -2.12. The summed E-state index contributed by atoms with van der Waals surface area (Å²) in [6.07, 6.45) is 7.26. The van der Waals surface area contributed by atoms with E-state index in [1.54, 1.807) is 6.08 Å². The lowest BCUT2D eigenvalue weighted by molar-refractivity contribution is -0.137. The Morgan fingerprint density at radius 1 is 1.64 bits per heavy atom. The third-order valence-electron chi connectivity index (χ3n) is 1.80. The van der Waals surface area contributed by atoms with E-state index in [0.717, 1.165) is 0 Å². The van der Waals surface area contributed by atoms with Crippen molar-refractivity contribution in [3.63, 3.8) is 0 Å². The van der Waals surface area contributed by atoms with Crippen molar-refractivity contribution < 1.29 is 14.7 Å². The van der Waals surface area contributed by atoms with Crippen LogP contribution in [0.25, 0.3) is 0 Å². The van der Waals surface area contributed by atoms with Crippen LogP contribution in [-0.2, 0) is 9.63 Å². The van der Waals surface area contributed by atoms with Gasteiger partial charge in [-0.3, -0.25) is 4.79 Å². The summed E-state index contributed by atoms with van der Waals surface area (Å²) in [6.45, 7) is 2.32. The lowest BCUT2D eigenvalue weighted by atomic mass is 9.95. The fourth-order valence-electron chi connectivity index (χ4n) is 1.17. The molecule has 0 aromatic heterocycles. The number of allylic oxidation sites excluding steroid dienone is 4. The second-order valence-corrected chi connectivity index (χ2v) is 2.88. The van der Waals surface area contributed by atoms with Crippen molar-refractivity contribution in [1.29, 1.82) is 0 Å². The van der Waals surface area contributed by atoms with Gasteiger partial charge >= 0.3 is 5.97 Å². The molecule has 0 saturated carbocycles. The molecule has 0 heterocycles. The zero-order chi connectivity index (χ0) is 10.4. The van der Waals surface area contributed by atoms with Gasteiger partial charge in [0.05, 0.1) is 12.1 Å². The Balaban J connectivity index is 2.66. The van der Waals surface area contributed by atoms with Crippen LogP contribution in [0.15, 0.2) is 29.5 Å². The highest BCUT2D eigenvalue weighted by atomic mass is 16.6. The zero-order valence-electron chi connectivity index (χ0n) is 8.01. The number of carboxylic acid groups (broad SMARTS) is 1. The van der Waals surface area contributed by atoms with E-state index in [1.807, 2.05) is 25.2 Å². The largest absolute Gasteiger partial charge is 0.481 e. The summed E-state index contributed by atoms with van der Waals surface area (Å²) in [5.74, 6) is -1.01. The van der Waals surface area contributed by atoms with Gasteiger partial charge in [0.15, 0.2) is 0 Å². The van der Waals surface area contributed by atoms with E-state index in [0.29, 0.717) is 12.3 Å². The molecular weight excluding hydrogens is 182 g/mol. The number of carboxylic acids is 1. The molecule has 0 bridgehead atoms. The van der Waals surface area contributed by atoms with Crippen LogP contribution in [0.2, 0.25) is 0 Å². The monoisotopic (exact) mass is 195 g/mol. The van der Waals surface area contributed by atoms with E-state index in [9.17, 15) is 4.79 Å². The Morgan fingerprint density at radius 3 is 3.07 bits per heavy atom. The molecule has 1 rings (SSSR count). The van der Waals surface area contributed by atoms with Crippen molar-refractivity contribution in [2.45, 2.75) is 13.3 Å². The summed E-state index contributed by atoms with van der Waals surface area (Å²) in [5.41, 5.74) is 0.664. The second kappa shape index (κ2) is 5.21. The van der Waals surface area contributed by atoms with Crippen molar-refractivity contribution in [1.82, 2.24) is 0 Å². The average Bonchev–Trinajstić information content (AvgIpc) is 2.16. The fourth-order valence-corrected chi connectivity index (χ4v) is 1.17. The molecule has 0 aromatic carbocycles. The molecule has 0 aromatic rings. The number of carbonyl (C=O) groups is 1. The maximum absolute atomic E-state index is 10.5. The summed E-state index contributed by atoms with van der Waals surface area (Å²) < 4.78 is 0. The molecule has 0 aliphatic heterocycles. The summed E-state index contributed by atoms with van der Waals surface area (Å²) in [7, 11) is 0. The van der Waals surface area contributed by atoms with E-state index in [2.05, 4.69) is 5.16 Å².